The Morgan fingerprint density at radius 3 is 1.31 bits per heavy atom. The van der Waals surface area contributed by atoms with Crippen LogP contribution in [0.4, 0.5) is 0 Å². The molecule has 0 aliphatic carbocycles. The van der Waals surface area contributed by atoms with E-state index in [0.29, 0.717) is 0 Å². The van der Waals surface area contributed by atoms with E-state index in [9.17, 15) is 19.8 Å². The van der Waals surface area contributed by atoms with Gasteiger partial charge in [-0.2, -0.15) is 0 Å². The lowest BCUT2D eigenvalue weighted by Crippen LogP contribution is -2.40. The summed E-state index contributed by atoms with van der Waals surface area (Å²) in [6.07, 6.45) is 34.1. The highest BCUT2D eigenvalue weighted by atomic mass is 16.6. The molecule has 5 heteroatoms. The van der Waals surface area contributed by atoms with E-state index in [1.807, 2.05) is 0 Å². The molecule has 0 saturated carbocycles. The van der Waals surface area contributed by atoms with Gasteiger partial charge in [-0.25, -0.2) is 0 Å². The summed E-state index contributed by atoms with van der Waals surface area (Å²) in [6, 6.07) is 0. The van der Waals surface area contributed by atoms with Gasteiger partial charge < -0.3 is 14.9 Å². The van der Waals surface area contributed by atoms with Crippen LogP contribution in [0.2, 0.25) is 0 Å². The molecule has 0 radical (unpaired) electrons. The van der Waals surface area contributed by atoms with Gasteiger partial charge in [0, 0.05) is 12.8 Å². The van der Waals surface area contributed by atoms with Crippen molar-refractivity contribution in [1.29, 1.82) is 0 Å². The van der Waals surface area contributed by atoms with Gasteiger partial charge in [-0.05, 0) is 38.5 Å². The van der Waals surface area contributed by atoms with E-state index in [0.717, 1.165) is 51.4 Å². The van der Waals surface area contributed by atoms with Gasteiger partial charge in [-0.15, -0.1) is 0 Å². The smallest absolute Gasteiger partial charge is 0.306 e. The molecule has 42 heavy (non-hydrogen) atoms. The number of carbonyl (C=O) groups is 2. The van der Waals surface area contributed by atoms with E-state index in [-0.39, 0.29) is 18.6 Å². The number of esters is 1. The Morgan fingerprint density at radius 1 is 0.548 bits per heavy atom. The molecule has 0 bridgehead atoms. The molecule has 0 aliphatic rings. The maximum Gasteiger partial charge on any atom is 0.306 e. The Bertz CT molecular complexity index is 617. The van der Waals surface area contributed by atoms with Crippen molar-refractivity contribution >= 4 is 11.8 Å². The molecule has 0 heterocycles. The fourth-order valence-corrected chi connectivity index (χ4v) is 5.44. The molecule has 0 fully saturated rings. The minimum atomic E-state index is -1.44. The van der Waals surface area contributed by atoms with E-state index in [1.54, 1.807) is 0 Å². The quantitative estimate of drug-likeness (QED) is 0.0448. The monoisotopic (exact) mass is 595 g/mol. The maximum absolute atomic E-state index is 12.4. The lowest BCUT2D eigenvalue weighted by atomic mass is 10.0. The highest BCUT2D eigenvalue weighted by Crippen LogP contribution is 2.15. The molecule has 0 rings (SSSR count). The maximum atomic E-state index is 12.4. The first-order valence-electron chi connectivity index (χ1n) is 18.2. The third-order valence-electron chi connectivity index (χ3n) is 8.31. The second kappa shape index (κ2) is 32.7. The zero-order valence-electron chi connectivity index (χ0n) is 27.9. The van der Waals surface area contributed by atoms with Crippen molar-refractivity contribution in [2.45, 2.75) is 206 Å². The van der Waals surface area contributed by atoms with Gasteiger partial charge in [-0.1, -0.05) is 154 Å². The normalized spacial score (nSPS) is 13.0. The van der Waals surface area contributed by atoms with Crippen molar-refractivity contribution in [1.82, 2.24) is 0 Å². The van der Waals surface area contributed by atoms with Crippen molar-refractivity contribution < 1.29 is 24.5 Å². The minimum Gasteiger partial charge on any atom is -0.457 e. The van der Waals surface area contributed by atoms with Crippen LogP contribution in [0.1, 0.15) is 194 Å². The Kier molecular flexibility index (Phi) is 31.8. The summed E-state index contributed by atoms with van der Waals surface area (Å²) in [5.41, 5.74) is 0. The van der Waals surface area contributed by atoms with E-state index in [2.05, 4.69) is 26.0 Å². The number of ketones is 1. The molecule has 0 aromatic carbocycles. The summed E-state index contributed by atoms with van der Waals surface area (Å²) in [7, 11) is 0. The van der Waals surface area contributed by atoms with E-state index < -0.39 is 24.8 Å². The Labute approximate surface area is 260 Å². The molecule has 248 valence electrons. The third-order valence-corrected chi connectivity index (χ3v) is 8.31. The number of aliphatic hydroxyl groups is 2. The molecular formula is C37H70O5. The van der Waals surface area contributed by atoms with Crippen LogP contribution in [-0.2, 0) is 14.3 Å². The van der Waals surface area contributed by atoms with Gasteiger partial charge in [0.05, 0.1) is 6.61 Å². The van der Waals surface area contributed by atoms with Gasteiger partial charge in [-0.3, -0.25) is 9.59 Å². The zero-order valence-corrected chi connectivity index (χ0v) is 27.9. The summed E-state index contributed by atoms with van der Waals surface area (Å²) < 4.78 is 5.25. The summed E-state index contributed by atoms with van der Waals surface area (Å²) >= 11 is 0. The Morgan fingerprint density at radius 2 is 0.905 bits per heavy atom. The number of aliphatic hydroxyl groups excluding tert-OH is 2. The first-order chi connectivity index (χ1) is 20.6. The van der Waals surface area contributed by atoms with Crippen LogP contribution in [-0.4, -0.2) is 40.8 Å². The highest BCUT2D eigenvalue weighted by Gasteiger charge is 2.28. The summed E-state index contributed by atoms with van der Waals surface area (Å²) in [6.45, 7) is 3.97. The van der Waals surface area contributed by atoms with Crippen LogP contribution in [0, 0.1) is 0 Å². The average Bonchev–Trinajstić information content (AvgIpc) is 2.99. The van der Waals surface area contributed by atoms with Gasteiger partial charge >= 0.3 is 5.97 Å². The molecule has 0 aromatic rings. The van der Waals surface area contributed by atoms with Crippen LogP contribution >= 0.6 is 0 Å². The second-order valence-electron chi connectivity index (χ2n) is 12.4. The molecule has 0 saturated heterocycles. The van der Waals surface area contributed by atoms with Crippen molar-refractivity contribution in [3.63, 3.8) is 0 Å². The molecule has 5 nitrogen and oxygen atoms in total. The van der Waals surface area contributed by atoms with Gasteiger partial charge in [0.15, 0.2) is 18.0 Å². The van der Waals surface area contributed by atoms with Crippen molar-refractivity contribution in [2.24, 2.45) is 0 Å². The summed E-state index contributed by atoms with van der Waals surface area (Å²) in [4.78, 5) is 24.6. The van der Waals surface area contributed by atoms with Crippen molar-refractivity contribution in [3.8, 4) is 0 Å². The van der Waals surface area contributed by atoms with E-state index in [4.69, 9.17) is 4.74 Å². The third kappa shape index (κ3) is 27.6. The van der Waals surface area contributed by atoms with Crippen molar-refractivity contribution in [2.75, 3.05) is 6.61 Å². The average molecular weight is 595 g/mol. The number of Topliss-reactive ketones (excluding diaryl/α,β-unsaturated/α-hetero) is 1. The number of ether oxygens (including phenoxy) is 1. The lowest BCUT2D eigenvalue weighted by molar-refractivity contribution is -0.161. The molecule has 2 N–H and O–H groups in total. The summed E-state index contributed by atoms with van der Waals surface area (Å²) in [5.74, 6) is -0.787. The topological polar surface area (TPSA) is 83.8 Å². The molecule has 0 aromatic heterocycles. The van der Waals surface area contributed by atoms with Crippen LogP contribution in [0.5, 0.6) is 0 Å². The molecule has 0 aliphatic heterocycles. The largest absolute Gasteiger partial charge is 0.457 e. The number of unbranched alkanes of at least 4 members (excludes halogenated alkanes) is 23. The SMILES string of the molecule is CCCCCCCC/C=C\CCCCCCCC(=O)OC(CO)C(O)C(=O)CCCCCCCCCCCCCCC. The zero-order chi connectivity index (χ0) is 30.9. The molecule has 2 unspecified atom stereocenters. The van der Waals surface area contributed by atoms with E-state index in [1.165, 1.54) is 116 Å². The Balaban J connectivity index is 3.71. The highest BCUT2D eigenvalue weighted by molar-refractivity contribution is 5.83. The molecule has 2 atom stereocenters. The fraction of sp³-hybridized carbons (Fsp3) is 0.892. The predicted octanol–water partition coefficient (Wildman–Crippen LogP) is 10.3. The van der Waals surface area contributed by atoms with E-state index >= 15 is 0 Å². The van der Waals surface area contributed by atoms with Crippen LogP contribution in [0.15, 0.2) is 12.2 Å². The van der Waals surface area contributed by atoms with Crippen LogP contribution in [0.3, 0.4) is 0 Å². The standard InChI is InChI=1S/C37H70O5/c1-3-5-7-9-11-13-15-17-18-20-22-24-26-28-30-32-36(40)42-35(33-38)37(41)34(39)31-29-27-25-23-21-19-16-14-12-10-8-6-4-2/h17-18,35,37-38,41H,3-16,19-33H2,1-2H3/b18-17-. The second-order valence-corrected chi connectivity index (χ2v) is 12.4. The first kappa shape index (κ1) is 40.8. The number of rotatable bonds is 33. The fourth-order valence-electron chi connectivity index (χ4n) is 5.44. The minimum absolute atomic E-state index is 0.258. The lowest BCUT2D eigenvalue weighted by Gasteiger charge is -2.20. The first-order valence-corrected chi connectivity index (χ1v) is 18.2. The number of allylic oxidation sites excluding steroid dienone is 2. The van der Waals surface area contributed by atoms with Gasteiger partial charge in [0.1, 0.15) is 0 Å². The van der Waals surface area contributed by atoms with Crippen LogP contribution in [0.25, 0.3) is 0 Å². The molecule has 0 amide bonds. The predicted molar refractivity (Wildman–Crippen MR) is 178 cm³/mol. The van der Waals surface area contributed by atoms with Crippen LogP contribution < -0.4 is 0 Å². The molecule has 0 spiro atoms. The molecular weight excluding hydrogens is 524 g/mol. The van der Waals surface area contributed by atoms with Gasteiger partial charge in [0.25, 0.3) is 0 Å². The number of hydrogen-bond donors (Lipinski definition) is 2. The Hall–Kier alpha value is -1.20. The summed E-state index contributed by atoms with van der Waals surface area (Å²) in [5, 5.41) is 19.9. The number of carbonyl (C=O) groups excluding carboxylic acids is 2. The number of hydrogen-bond acceptors (Lipinski definition) is 5. The van der Waals surface area contributed by atoms with Gasteiger partial charge in [0.2, 0.25) is 0 Å². The van der Waals surface area contributed by atoms with Crippen molar-refractivity contribution in [3.05, 3.63) is 12.2 Å².